The van der Waals surface area contributed by atoms with Gasteiger partial charge in [-0.25, -0.2) is 4.98 Å². The van der Waals surface area contributed by atoms with Gasteiger partial charge in [0.25, 0.3) is 0 Å². The predicted octanol–water partition coefficient (Wildman–Crippen LogP) is 5.39. The minimum atomic E-state index is 0.178. The summed E-state index contributed by atoms with van der Waals surface area (Å²) in [5.74, 6) is 0.949. The molecule has 0 saturated carbocycles. The number of hydrogen-bond donors (Lipinski definition) is 3. The molecule has 3 heterocycles. The smallest absolute Gasteiger partial charge is 0.204 e. The highest BCUT2D eigenvalue weighted by molar-refractivity contribution is 5.80. The largest absolute Gasteiger partial charge is 0.506 e. The Kier molecular flexibility index (Phi) is 9.37. The molecule has 0 aliphatic carbocycles. The summed E-state index contributed by atoms with van der Waals surface area (Å²) >= 11 is 0. The van der Waals surface area contributed by atoms with Gasteiger partial charge in [-0.3, -0.25) is 9.88 Å². The topological polar surface area (TPSA) is 111 Å². The molecule has 42 heavy (non-hydrogen) atoms. The molecule has 0 spiro atoms. The first kappa shape index (κ1) is 29.1. The van der Waals surface area contributed by atoms with Crippen molar-refractivity contribution in [2.45, 2.75) is 40.3 Å². The highest BCUT2D eigenvalue weighted by atomic mass is 16.5. The van der Waals surface area contributed by atoms with E-state index in [1.807, 2.05) is 19.1 Å². The third kappa shape index (κ3) is 7.08. The molecule has 0 radical (unpaired) electrons. The van der Waals surface area contributed by atoms with Crippen LogP contribution in [-0.2, 0) is 17.8 Å². The van der Waals surface area contributed by atoms with Gasteiger partial charge in [-0.05, 0) is 98.5 Å². The molecule has 9 heteroatoms. The second-order valence-electron chi connectivity index (χ2n) is 10.8. The van der Waals surface area contributed by atoms with E-state index < -0.39 is 0 Å². The number of hydrogen-bond acceptors (Lipinski definition) is 8. The first-order valence-corrected chi connectivity index (χ1v) is 14.5. The number of imidazole rings is 1. The van der Waals surface area contributed by atoms with Crippen LogP contribution in [0.15, 0.2) is 48.5 Å². The number of benzene rings is 2. The Morgan fingerprint density at radius 2 is 1.81 bits per heavy atom. The van der Waals surface area contributed by atoms with Crippen molar-refractivity contribution in [3.05, 3.63) is 82.2 Å². The van der Waals surface area contributed by atoms with Crippen molar-refractivity contribution >= 4 is 28.7 Å². The Morgan fingerprint density at radius 1 is 1.02 bits per heavy atom. The summed E-state index contributed by atoms with van der Waals surface area (Å²) in [6.07, 6.45) is 4.32. The number of aryl methyl sites for hydroxylation is 3. The normalized spacial score (nSPS) is 14.0. The monoisotopic (exact) mass is 565 g/mol. The van der Waals surface area contributed by atoms with Gasteiger partial charge in [0.05, 0.1) is 36.9 Å². The lowest BCUT2D eigenvalue weighted by molar-refractivity contribution is 0.0378. The van der Waals surface area contributed by atoms with Crippen LogP contribution in [0.1, 0.15) is 40.1 Å². The van der Waals surface area contributed by atoms with Crippen molar-refractivity contribution in [2.24, 2.45) is 0 Å². The van der Waals surface area contributed by atoms with Gasteiger partial charge in [0.1, 0.15) is 11.4 Å². The molecule has 1 aliphatic rings. The number of nitriles is 1. The van der Waals surface area contributed by atoms with Crippen molar-refractivity contribution in [2.75, 3.05) is 50.0 Å². The standard InChI is InChI=1S/C33H39N7O2/c1-23-18-26(6-4-11-34)19-24(2)32(23)36-21-27-8-9-28-30(20-27)40(22-29-31(41)10-7-25(3)37-29)33(38-28)35-12-5-13-39-14-16-42-17-15-39/h4,6-10,18-20,36,41H,5,12-17,21-22H2,1-3H3,(H,35,38)/b6-4+. The number of ether oxygens (including phenoxy) is 1. The van der Waals surface area contributed by atoms with E-state index in [-0.39, 0.29) is 5.75 Å². The molecule has 9 nitrogen and oxygen atoms in total. The van der Waals surface area contributed by atoms with Crippen molar-refractivity contribution < 1.29 is 9.84 Å². The number of nitrogens with zero attached hydrogens (tertiary/aromatic N) is 5. The Balaban J connectivity index is 1.37. The summed E-state index contributed by atoms with van der Waals surface area (Å²) in [4.78, 5) is 12.0. The average molecular weight is 566 g/mol. The van der Waals surface area contributed by atoms with Crippen LogP contribution in [-0.4, -0.2) is 63.9 Å². The van der Waals surface area contributed by atoms with Crippen LogP contribution in [0.3, 0.4) is 0 Å². The second kappa shape index (κ2) is 13.5. The zero-order valence-electron chi connectivity index (χ0n) is 24.7. The highest BCUT2D eigenvalue weighted by Gasteiger charge is 2.16. The van der Waals surface area contributed by atoms with Gasteiger partial charge in [0.15, 0.2) is 0 Å². The number of aromatic hydroxyl groups is 1. The van der Waals surface area contributed by atoms with Crippen LogP contribution in [0.4, 0.5) is 11.6 Å². The molecule has 4 aromatic rings. The maximum atomic E-state index is 10.6. The van der Waals surface area contributed by atoms with Crippen molar-refractivity contribution in [3.8, 4) is 11.8 Å². The first-order chi connectivity index (χ1) is 20.4. The lowest BCUT2D eigenvalue weighted by Crippen LogP contribution is -2.37. The minimum absolute atomic E-state index is 0.178. The molecule has 1 fully saturated rings. The Hall–Kier alpha value is -4.39. The molecule has 0 bridgehead atoms. The molecule has 1 saturated heterocycles. The van der Waals surface area contributed by atoms with Crippen LogP contribution in [0.25, 0.3) is 17.1 Å². The molecule has 2 aromatic carbocycles. The molecule has 1 aliphatic heterocycles. The molecular weight excluding hydrogens is 526 g/mol. The van der Waals surface area contributed by atoms with E-state index in [0.717, 1.165) is 96.4 Å². The number of aromatic nitrogens is 3. The van der Waals surface area contributed by atoms with Gasteiger partial charge >= 0.3 is 0 Å². The summed E-state index contributed by atoms with van der Waals surface area (Å²) in [6, 6.07) is 16.1. The van der Waals surface area contributed by atoms with Crippen LogP contribution >= 0.6 is 0 Å². The van der Waals surface area contributed by atoms with Gasteiger partial charge in [0, 0.05) is 43.6 Å². The number of nitrogens with one attached hydrogen (secondary N) is 2. The predicted molar refractivity (Wildman–Crippen MR) is 168 cm³/mol. The zero-order valence-corrected chi connectivity index (χ0v) is 24.7. The Labute approximate surface area is 247 Å². The van der Waals surface area contributed by atoms with Crippen LogP contribution in [0, 0.1) is 32.1 Å². The molecule has 0 amide bonds. The number of fused-ring (bicyclic) bond motifs is 1. The van der Waals surface area contributed by atoms with E-state index in [1.165, 1.54) is 6.08 Å². The molecule has 2 aromatic heterocycles. The molecule has 0 atom stereocenters. The molecule has 5 rings (SSSR count). The number of rotatable bonds is 11. The maximum absolute atomic E-state index is 10.6. The van der Waals surface area contributed by atoms with Crippen molar-refractivity contribution in [1.82, 2.24) is 19.4 Å². The number of morpholine rings is 1. The second-order valence-corrected chi connectivity index (χ2v) is 10.8. The van der Waals surface area contributed by atoms with E-state index in [9.17, 15) is 5.11 Å². The van der Waals surface area contributed by atoms with E-state index in [1.54, 1.807) is 6.07 Å². The summed E-state index contributed by atoms with van der Waals surface area (Å²) in [7, 11) is 0. The lowest BCUT2D eigenvalue weighted by atomic mass is 10.0. The highest BCUT2D eigenvalue weighted by Crippen LogP contribution is 2.27. The van der Waals surface area contributed by atoms with E-state index in [4.69, 9.17) is 15.0 Å². The SMILES string of the molecule is Cc1ccc(O)c(Cn2c(NCCCN3CCOCC3)nc3ccc(CNc4c(C)cc(/C=C/C#N)cc4C)cc32)n1. The fourth-order valence-corrected chi connectivity index (χ4v) is 5.47. The summed E-state index contributed by atoms with van der Waals surface area (Å²) in [5.41, 5.74) is 8.83. The van der Waals surface area contributed by atoms with E-state index in [2.05, 4.69) is 75.3 Å². The Bertz CT molecular complexity index is 1590. The van der Waals surface area contributed by atoms with Gasteiger partial charge in [-0.2, -0.15) is 5.26 Å². The van der Waals surface area contributed by atoms with Gasteiger partial charge in [0.2, 0.25) is 5.95 Å². The molecule has 3 N–H and O–H groups in total. The van der Waals surface area contributed by atoms with E-state index in [0.29, 0.717) is 18.8 Å². The van der Waals surface area contributed by atoms with Crippen molar-refractivity contribution in [1.29, 1.82) is 5.26 Å². The summed E-state index contributed by atoms with van der Waals surface area (Å²) in [6.45, 7) is 12.5. The number of anilines is 2. The summed E-state index contributed by atoms with van der Waals surface area (Å²) in [5, 5.41) is 26.6. The first-order valence-electron chi connectivity index (χ1n) is 14.5. The van der Waals surface area contributed by atoms with E-state index >= 15 is 0 Å². The fourth-order valence-electron chi connectivity index (χ4n) is 5.47. The lowest BCUT2D eigenvalue weighted by Gasteiger charge is -2.26. The zero-order chi connectivity index (χ0) is 29.5. The van der Waals surface area contributed by atoms with Crippen LogP contribution in [0.5, 0.6) is 5.75 Å². The maximum Gasteiger partial charge on any atom is 0.204 e. The fraction of sp³-hybridized carbons (Fsp3) is 0.364. The Morgan fingerprint density at radius 3 is 2.57 bits per heavy atom. The van der Waals surface area contributed by atoms with Crippen molar-refractivity contribution in [3.63, 3.8) is 0 Å². The molecular formula is C33H39N7O2. The third-order valence-electron chi connectivity index (χ3n) is 7.62. The molecule has 218 valence electrons. The molecule has 0 unspecified atom stereocenters. The van der Waals surface area contributed by atoms with Gasteiger partial charge in [-0.15, -0.1) is 0 Å². The number of allylic oxidation sites excluding steroid dienone is 1. The average Bonchev–Trinajstić information content (AvgIpc) is 3.32. The minimum Gasteiger partial charge on any atom is -0.506 e. The number of pyridine rings is 1. The van der Waals surface area contributed by atoms with Crippen LogP contribution in [0.2, 0.25) is 0 Å². The van der Waals surface area contributed by atoms with Crippen LogP contribution < -0.4 is 10.6 Å². The van der Waals surface area contributed by atoms with Gasteiger partial charge in [-0.1, -0.05) is 6.07 Å². The summed E-state index contributed by atoms with van der Waals surface area (Å²) < 4.78 is 7.58. The third-order valence-corrected chi connectivity index (χ3v) is 7.62. The van der Waals surface area contributed by atoms with Gasteiger partial charge < -0.3 is 25.0 Å². The quantitative estimate of drug-likeness (QED) is 0.164.